The summed E-state index contributed by atoms with van der Waals surface area (Å²) in [6.07, 6.45) is -1.16. The maximum absolute atomic E-state index is 12.9. The first-order valence-corrected chi connectivity index (χ1v) is 11.8. The number of hydrogen-bond acceptors (Lipinski definition) is 6. The highest BCUT2D eigenvalue weighted by molar-refractivity contribution is 7.89. The normalized spacial score (nSPS) is 12.3. The van der Waals surface area contributed by atoms with Gasteiger partial charge in [0.1, 0.15) is 5.75 Å². The Kier molecular flexibility index (Phi) is 8.65. The lowest BCUT2D eigenvalue weighted by atomic mass is 10.1. The van der Waals surface area contributed by atoms with Gasteiger partial charge in [0.2, 0.25) is 10.0 Å². The molecule has 0 saturated heterocycles. The van der Waals surface area contributed by atoms with Crippen LogP contribution in [-0.2, 0) is 19.6 Å². The van der Waals surface area contributed by atoms with E-state index in [0.29, 0.717) is 35.1 Å². The lowest BCUT2D eigenvalue weighted by molar-refractivity contribution is -0.123. The second-order valence-electron chi connectivity index (χ2n) is 6.95. The molecular formula is C22H27ClN2O6S. The monoisotopic (exact) mass is 482 g/mol. The second kappa shape index (κ2) is 10.8. The molecule has 0 bridgehead atoms. The molecule has 32 heavy (non-hydrogen) atoms. The molecule has 0 aliphatic heterocycles. The molecule has 0 heterocycles. The molecule has 0 fully saturated rings. The Balaban J connectivity index is 2.20. The molecule has 1 atom stereocenters. The first-order valence-electron chi connectivity index (χ1n) is 10.0. The molecule has 174 valence electrons. The Labute approximate surface area is 193 Å². The van der Waals surface area contributed by atoms with Crippen LogP contribution in [0, 0.1) is 6.92 Å². The van der Waals surface area contributed by atoms with E-state index in [2.05, 4.69) is 5.32 Å². The molecule has 2 rings (SSSR count). The van der Waals surface area contributed by atoms with Crippen molar-refractivity contribution in [2.75, 3.05) is 25.5 Å². The maximum Gasteiger partial charge on any atom is 0.338 e. The van der Waals surface area contributed by atoms with Crippen LogP contribution in [0.3, 0.4) is 0 Å². The minimum absolute atomic E-state index is 0.0245. The number of ether oxygens (including phenoxy) is 2. The van der Waals surface area contributed by atoms with Crippen LogP contribution >= 0.6 is 11.6 Å². The van der Waals surface area contributed by atoms with E-state index in [1.54, 1.807) is 32.9 Å². The Bertz CT molecular complexity index is 1100. The van der Waals surface area contributed by atoms with Crippen LogP contribution in [0.25, 0.3) is 0 Å². The third kappa shape index (κ3) is 5.79. The van der Waals surface area contributed by atoms with Crippen LogP contribution in [0.2, 0.25) is 5.02 Å². The Hall–Kier alpha value is -2.62. The highest BCUT2D eigenvalue weighted by Gasteiger charge is 2.26. The number of nitrogens with zero attached hydrogens (tertiary/aromatic N) is 1. The molecule has 0 aliphatic rings. The zero-order valence-corrected chi connectivity index (χ0v) is 20.2. The van der Waals surface area contributed by atoms with Crippen LogP contribution < -0.4 is 10.1 Å². The molecule has 1 unspecified atom stereocenters. The minimum Gasteiger partial charge on any atom is -0.495 e. The average molecular weight is 483 g/mol. The SMILES string of the molecule is CCN(CC)S(=O)(=O)c1cc(C(=O)OC(C)C(=O)Nc2cc(Cl)ccc2OC)ccc1C. The second-order valence-corrected chi connectivity index (χ2v) is 9.29. The number of aryl methyl sites for hydroxylation is 1. The number of benzene rings is 2. The molecule has 8 nitrogen and oxygen atoms in total. The van der Waals surface area contributed by atoms with E-state index in [1.165, 1.54) is 42.6 Å². The summed E-state index contributed by atoms with van der Waals surface area (Å²) in [5, 5.41) is 3.00. The van der Waals surface area contributed by atoms with Crippen molar-refractivity contribution in [1.82, 2.24) is 4.31 Å². The van der Waals surface area contributed by atoms with Crippen LogP contribution in [-0.4, -0.2) is 50.9 Å². The van der Waals surface area contributed by atoms with Gasteiger partial charge in [-0.1, -0.05) is 31.5 Å². The Morgan fingerprint density at radius 2 is 1.78 bits per heavy atom. The molecule has 1 N–H and O–H groups in total. The van der Waals surface area contributed by atoms with Gasteiger partial charge in [0.15, 0.2) is 6.10 Å². The number of carbonyl (C=O) groups is 2. The van der Waals surface area contributed by atoms with Crippen LogP contribution in [0.5, 0.6) is 5.75 Å². The molecule has 2 aromatic carbocycles. The number of methoxy groups -OCH3 is 1. The summed E-state index contributed by atoms with van der Waals surface area (Å²) in [5.74, 6) is -1.02. The molecule has 0 saturated carbocycles. The number of hydrogen-bond donors (Lipinski definition) is 1. The maximum atomic E-state index is 12.9. The van der Waals surface area contributed by atoms with Crippen molar-refractivity contribution in [2.45, 2.75) is 38.7 Å². The third-order valence-corrected chi connectivity index (χ3v) is 7.25. The zero-order valence-electron chi connectivity index (χ0n) is 18.6. The standard InChI is InChI=1S/C22H27ClN2O6S/c1-6-25(7-2)32(28,29)20-12-16(9-8-14(20)3)22(27)31-15(4)21(26)24-18-13-17(23)10-11-19(18)30-5/h8-13,15H,6-7H2,1-5H3,(H,24,26). The van der Waals surface area contributed by atoms with E-state index >= 15 is 0 Å². The first-order chi connectivity index (χ1) is 15.0. The lowest BCUT2D eigenvalue weighted by Crippen LogP contribution is -2.32. The number of nitrogens with one attached hydrogen (secondary N) is 1. The summed E-state index contributed by atoms with van der Waals surface area (Å²) < 4.78 is 37.5. The summed E-state index contributed by atoms with van der Waals surface area (Å²) in [6, 6.07) is 8.99. The molecular weight excluding hydrogens is 456 g/mol. The molecule has 10 heteroatoms. The summed E-state index contributed by atoms with van der Waals surface area (Å²) in [5.41, 5.74) is 0.865. The number of sulfonamides is 1. The molecule has 0 aromatic heterocycles. The molecule has 2 aromatic rings. The highest BCUT2D eigenvalue weighted by atomic mass is 35.5. The zero-order chi connectivity index (χ0) is 24.1. The van der Waals surface area contributed by atoms with Crippen LogP contribution in [0.1, 0.15) is 36.7 Å². The summed E-state index contributed by atoms with van der Waals surface area (Å²) in [6.45, 7) is 7.15. The number of esters is 1. The molecule has 1 amide bonds. The van der Waals surface area contributed by atoms with Crippen LogP contribution in [0.4, 0.5) is 5.69 Å². The van der Waals surface area contributed by atoms with E-state index in [4.69, 9.17) is 21.1 Å². The van der Waals surface area contributed by atoms with Gasteiger partial charge < -0.3 is 14.8 Å². The fraction of sp³-hybridized carbons (Fsp3) is 0.364. The largest absolute Gasteiger partial charge is 0.495 e. The van der Waals surface area contributed by atoms with E-state index in [0.717, 1.165) is 0 Å². The number of carbonyl (C=O) groups excluding carboxylic acids is 2. The van der Waals surface area contributed by atoms with Gasteiger partial charge in [0.25, 0.3) is 5.91 Å². The Morgan fingerprint density at radius 1 is 1.12 bits per heavy atom. The summed E-state index contributed by atoms with van der Waals surface area (Å²) in [4.78, 5) is 25.2. The van der Waals surface area contributed by atoms with Gasteiger partial charge in [-0.05, 0) is 49.7 Å². The van der Waals surface area contributed by atoms with Crippen molar-refractivity contribution in [3.05, 3.63) is 52.5 Å². The molecule has 0 aliphatic carbocycles. The molecule has 0 radical (unpaired) electrons. The first kappa shape index (κ1) is 25.6. The smallest absolute Gasteiger partial charge is 0.338 e. The quantitative estimate of drug-likeness (QED) is 0.544. The summed E-state index contributed by atoms with van der Waals surface area (Å²) >= 11 is 5.96. The van der Waals surface area contributed by atoms with Gasteiger partial charge in [-0.2, -0.15) is 4.31 Å². The van der Waals surface area contributed by atoms with Gasteiger partial charge in [0.05, 0.1) is 23.3 Å². The fourth-order valence-corrected chi connectivity index (χ4v) is 4.88. The van der Waals surface area contributed by atoms with Gasteiger partial charge in [0, 0.05) is 18.1 Å². The van der Waals surface area contributed by atoms with E-state index in [1.807, 2.05) is 0 Å². The van der Waals surface area contributed by atoms with Crippen molar-refractivity contribution in [2.24, 2.45) is 0 Å². The number of rotatable bonds is 9. The number of amides is 1. The topological polar surface area (TPSA) is 102 Å². The average Bonchev–Trinajstić information content (AvgIpc) is 2.74. The highest BCUT2D eigenvalue weighted by Crippen LogP contribution is 2.28. The summed E-state index contributed by atoms with van der Waals surface area (Å²) in [7, 11) is -2.32. The lowest BCUT2D eigenvalue weighted by Gasteiger charge is -2.20. The fourth-order valence-electron chi connectivity index (χ4n) is 3.00. The van der Waals surface area contributed by atoms with Crippen molar-refractivity contribution in [3.63, 3.8) is 0 Å². The minimum atomic E-state index is -3.77. The van der Waals surface area contributed by atoms with Crippen molar-refractivity contribution in [1.29, 1.82) is 0 Å². The number of halogens is 1. The third-order valence-electron chi connectivity index (χ3n) is 4.82. The van der Waals surface area contributed by atoms with E-state index in [9.17, 15) is 18.0 Å². The van der Waals surface area contributed by atoms with Gasteiger partial charge in [-0.15, -0.1) is 0 Å². The van der Waals surface area contributed by atoms with E-state index < -0.39 is 28.0 Å². The van der Waals surface area contributed by atoms with Gasteiger partial charge in [-0.3, -0.25) is 4.79 Å². The molecule has 0 spiro atoms. The van der Waals surface area contributed by atoms with Gasteiger partial charge >= 0.3 is 5.97 Å². The van der Waals surface area contributed by atoms with Crippen molar-refractivity contribution < 1.29 is 27.5 Å². The van der Waals surface area contributed by atoms with E-state index in [-0.39, 0.29) is 10.5 Å². The van der Waals surface area contributed by atoms with Gasteiger partial charge in [-0.25, -0.2) is 13.2 Å². The predicted octanol–water partition coefficient (Wildman–Crippen LogP) is 3.87. The van der Waals surface area contributed by atoms with Crippen molar-refractivity contribution in [3.8, 4) is 5.75 Å². The van der Waals surface area contributed by atoms with Crippen LogP contribution in [0.15, 0.2) is 41.3 Å². The Morgan fingerprint density at radius 3 is 2.38 bits per heavy atom. The van der Waals surface area contributed by atoms with Crippen molar-refractivity contribution >= 4 is 39.2 Å². The predicted molar refractivity (Wildman–Crippen MR) is 123 cm³/mol. The number of anilines is 1.